The third kappa shape index (κ3) is 2.42. The fourth-order valence-electron chi connectivity index (χ4n) is 2.43. The molecule has 1 aromatic heterocycles. The number of nitrogens with one attached hydrogen (secondary N) is 1. The van der Waals surface area contributed by atoms with Crippen molar-refractivity contribution in [1.29, 1.82) is 0 Å². The maximum atomic E-state index is 5.93. The van der Waals surface area contributed by atoms with Crippen LogP contribution in [0.3, 0.4) is 0 Å². The summed E-state index contributed by atoms with van der Waals surface area (Å²) in [5.41, 5.74) is 2.53. The van der Waals surface area contributed by atoms with E-state index in [0.29, 0.717) is 5.92 Å². The number of rotatable bonds is 3. The van der Waals surface area contributed by atoms with Gasteiger partial charge >= 0.3 is 0 Å². The lowest BCUT2D eigenvalue weighted by molar-refractivity contribution is -0.0277. The maximum Gasteiger partial charge on any atom is 0.0882 e. The van der Waals surface area contributed by atoms with Crippen molar-refractivity contribution in [2.24, 2.45) is 5.92 Å². The highest BCUT2D eigenvalue weighted by atomic mass is 16.5. The molecule has 2 atom stereocenters. The molecule has 1 aliphatic rings. The Morgan fingerprint density at radius 3 is 3.19 bits per heavy atom. The summed E-state index contributed by atoms with van der Waals surface area (Å²) in [6.07, 6.45) is 6.42. The molecule has 1 aliphatic heterocycles. The van der Waals surface area contributed by atoms with Crippen molar-refractivity contribution in [3.05, 3.63) is 29.6 Å². The van der Waals surface area contributed by atoms with Gasteiger partial charge in [-0.05, 0) is 38.4 Å². The molecule has 2 rings (SSSR count). The van der Waals surface area contributed by atoms with E-state index in [1.165, 1.54) is 24.0 Å². The normalized spacial score (nSPS) is 25.6. The fraction of sp³-hybridized carbons (Fsp3) is 0.615. The Labute approximate surface area is 97.2 Å². The Morgan fingerprint density at radius 2 is 2.44 bits per heavy atom. The second-order valence-electron chi connectivity index (χ2n) is 4.48. The molecule has 2 heterocycles. The topological polar surface area (TPSA) is 34.1 Å². The van der Waals surface area contributed by atoms with Crippen LogP contribution in [0.4, 0.5) is 0 Å². The van der Waals surface area contributed by atoms with Gasteiger partial charge in [0.05, 0.1) is 6.10 Å². The molecule has 3 nitrogen and oxygen atoms in total. The van der Waals surface area contributed by atoms with Gasteiger partial charge in [0, 0.05) is 37.0 Å². The number of ether oxygens (including phenoxy) is 1. The molecule has 16 heavy (non-hydrogen) atoms. The molecule has 1 fully saturated rings. The van der Waals surface area contributed by atoms with Gasteiger partial charge in [0.1, 0.15) is 0 Å². The quantitative estimate of drug-likeness (QED) is 0.847. The number of aryl methyl sites for hydroxylation is 1. The summed E-state index contributed by atoms with van der Waals surface area (Å²) < 4.78 is 5.93. The zero-order chi connectivity index (χ0) is 11.4. The molecule has 88 valence electrons. The number of hydrogen-bond acceptors (Lipinski definition) is 3. The SMILES string of the molecule is CNCC1CCCOC1c1cnccc1C. The molecule has 0 saturated carbocycles. The lowest BCUT2D eigenvalue weighted by Crippen LogP contribution is -2.30. The first-order valence-corrected chi connectivity index (χ1v) is 5.99. The van der Waals surface area contributed by atoms with Crippen molar-refractivity contribution < 1.29 is 4.74 Å². The van der Waals surface area contributed by atoms with Gasteiger partial charge in [-0.3, -0.25) is 4.98 Å². The Hall–Kier alpha value is -0.930. The van der Waals surface area contributed by atoms with E-state index in [9.17, 15) is 0 Å². The van der Waals surface area contributed by atoms with Crippen LogP contribution in [0, 0.1) is 12.8 Å². The van der Waals surface area contributed by atoms with Gasteiger partial charge < -0.3 is 10.1 Å². The molecule has 3 heteroatoms. The van der Waals surface area contributed by atoms with Crippen LogP contribution in [0.5, 0.6) is 0 Å². The smallest absolute Gasteiger partial charge is 0.0882 e. The van der Waals surface area contributed by atoms with Crippen LogP contribution in [0.1, 0.15) is 30.1 Å². The number of hydrogen-bond donors (Lipinski definition) is 1. The Kier molecular flexibility index (Phi) is 3.91. The van der Waals surface area contributed by atoms with E-state index in [0.717, 1.165) is 13.2 Å². The van der Waals surface area contributed by atoms with Crippen molar-refractivity contribution in [3.8, 4) is 0 Å². The summed E-state index contributed by atoms with van der Waals surface area (Å²) in [6.45, 7) is 4.02. The zero-order valence-electron chi connectivity index (χ0n) is 10.1. The molecule has 0 amide bonds. The molecule has 0 bridgehead atoms. The molecular formula is C13H20N2O. The largest absolute Gasteiger partial charge is 0.373 e. The minimum Gasteiger partial charge on any atom is -0.373 e. The summed E-state index contributed by atoms with van der Waals surface area (Å²) in [6, 6.07) is 2.06. The van der Waals surface area contributed by atoms with E-state index in [-0.39, 0.29) is 6.10 Å². The highest BCUT2D eigenvalue weighted by Crippen LogP contribution is 2.34. The van der Waals surface area contributed by atoms with E-state index >= 15 is 0 Å². The number of nitrogens with zero attached hydrogens (tertiary/aromatic N) is 1. The van der Waals surface area contributed by atoms with Gasteiger partial charge in [-0.2, -0.15) is 0 Å². The van der Waals surface area contributed by atoms with Crippen molar-refractivity contribution in [3.63, 3.8) is 0 Å². The zero-order valence-corrected chi connectivity index (χ0v) is 10.1. The van der Waals surface area contributed by atoms with Crippen LogP contribution in [-0.4, -0.2) is 25.2 Å². The second-order valence-corrected chi connectivity index (χ2v) is 4.48. The first kappa shape index (κ1) is 11.6. The van der Waals surface area contributed by atoms with Crippen molar-refractivity contribution in [2.75, 3.05) is 20.2 Å². The van der Waals surface area contributed by atoms with E-state index in [4.69, 9.17) is 4.74 Å². The average Bonchev–Trinajstić information content (AvgIpc) is 2.31. The van der Waals surface area contributed by atoms with Crippen LogP contribution in [0.2, 0.25) is 0 Å². The van der Waals surface area contributed by atoms with Crippen molar-refractivity contribution in [1.82, 2.24) is 10.3 Å². The van der Waals surface area contributed by atoms with Gasteiger partial charge in [-0.15, -0.1) is 0 Å². The fourth-order valence-corrected chi connectivity index (χ4v) is 2.43. The van der Waals surface area contributed by atoms with E-state index in [1.54, 1.807) is 0 Å². The summed E-state index contributed by atoms with van der Waals surface area (Å²) in [5.74, 6) is 0.571. The molecular weight excluding hydrogens is 200 g/mol. The molecule has 0 spiro atoms. The average molecular weight is 220 g/mol. The highest BCUT2D eigenvalue weighted by molar-refractivity contribution is 5.25. The summed E-state index contributed by atoms with van der Waals surface area (Å²) >= 11 is 0. The van der Waals surface area contributed by atoms with Crippen molar-refractivity contribution in [2.45, 2.75) is 25.9 Å². The molecule has 1 saturated heterocycles. The van der Waals surface area contributed by atoms with Gasteiger partial charge in [0.2, 0.25) is 0 Å². The summed E-state index contributed by atoms with van der Waals surface area (Å²) in [7, 11) is 2.00. The molecule has 0 aliphatic carbocycles. The Bertz CT molecular complexity index is 338. The summed E-state index contributed by atoms with van der Waals surface area (Å²) in [4.78, 5) is 4.21. The third-order valence-corrected chi connectivity index (χ3v) is 3.30. The predicted molar refractivity (Wildman–Crippen MR) is 64.3 cm³/mol. The monoisotopic (exact) mass is 220 g/mol. The van der Waals surface area contributed by atoms with Gasteiger partial charge in [0.25, 0.3) is 0 Å². The van der Waals surface area contributed by atoms with E-state index in [2.05, 4.69) is 23.3 Å². The Morgan fingerprint density at radius 1 is 1.56 bits per heavy atom. The molecule has 0 radical (unpaired) electrons. The number of aromatic nitrogens is 1. The van der Waals surface area contributed by atoms with E-state index in [1.807, 2.05) is 19.4 Å². The molecule has 2 unspecified atom stereocenters. The van der Waals surface area contributed by atoms with Crippen LogP contribution in [0.15, 0.2) is 18.5 Å². The Balaban J connectivity index is 2.19. The molecule has 0 aromatic carbocycles. The first-order chi connectivity index (χ1) is 7.83. The first-order valence-electron chi connectivity index (χ1n) is 5.99. The highest BCUT2D eigenvalue weighted by Gasteiger charge is 2.27. The maximum absolute atomic E-state index is 5.93. The molecule has 1 aromatic rings. The van der Waals surface area contributed by atoms with Crippen LogP contribution < -0.4 is 5.32 Å². The third-order valence-electron chi connectivity index (χ3n) is 3.30. The van der Waals surface area contributed by atoms with Crippen LogP contribution >= 0.6 is 0 Å². The lowest BCUT2D eigenvalue weighted by atomic mass is 9.88. The van der Waals surface area contributed by atoms with Crippen LogP contribution in [0.25, 0.3) is 0 Å². The van der Waals surface area contributed by atoms with E-state index < -0.39 is 0 Å². The minimum absolute atomic E-state index is 0.217. The van der Waals surface area contributed by atoms with Gasteiger partial charge in [-0.25, -0.2) is 0 Å². The minimum atomic E-state index is 0.217. The molecule has 1 N–H and O–H groups in total. The van der Waals surface area contributed by atoms with Crippen LogP contribution in [-0.2, 0) is 4.74 Å². The second kappa shape index (κ2) is 5.41. The van der Waals surface area contributed by atoms with Gasteiger partial charge in [-0.1, -0.05) is 0 Å². The predicted octanol–water partition coefficient (Wildman–Crippen LogP) is 2.08. The van der Waals surface area contributed by atoms with Crippen molar-refractivity contribution >= 4 is 0 Å². The lowest BCUT2D eigenvalue weighted by Gasteiger charge is -2.32. The number of pyridine rings is 1. The standard InChI is InChI=1S/C13H20N2O/c1-10-5-6-15-9-12(10)13-11(8-14-2)4-3-7-16-13/h5-6,9,11,13-14H,3-4,7-8H2,1-2H3. The summed E-state index contributed by atoms with van der Waals surface area (Å²) in [5, 5.41) is 3.26. The van der Waals surface area contributed by atoms with Gasteiger partial charge in [0.15, 0.2) is 0 Å².